The lowest BCUT2D eigenvalue weighted by molar-refractivity contribution is -0.148. The van der Waals surface area contributed by atoms with Crippen molar-refractivity contribution in [2.24, 2.45) is 23.7 Å². The molecule has 0 aromatic heterocycles. The van der Waals surface area contributed by atoms with Crippen LogP contribution in [-0.2, 0) is 38.7 Å². The number of likely N-dealkylation sites (N-methyl/N-ethyl adjacent to an activating group) is 2. The van der Waals surface area contributed by atoms with Gasteiger partial charge in [0.2, 0.25) is 23.6 Å². The van der Waals surface area contributed by atoms with Crippen molar-refractivity contribution in [2.75, 3.05) is 47.6 Å². The summed E-state index contributed by atoms with van der Waals surface area (Å²) in [5, 5.41) is 3.01. The molecule has 0 saturated carbocycles. The van der Waals surface area contributed by atoms with Crippen LogP contribution in [0.5, 0.6) is 0 Å². The van der Waals surface area contributed by atoms with E-state index >= 15 is 0 Å². The molecular weight excluding hydrogens is 689 g/mol. The highest BCUT2D eigenvalue weighted by molar-refractivity contribution is 7.90. The number of nitrogens with one attached hydrogen (secondary N) is 2. The SMILES string of the molecule is CC[C@@H](C)[C@@H]([C@@H](CC(=O)N1CCC[C@H]1[C@H](OC)[C@@H](C)C(=O)NS(=O)(=O)c1ccc(N)cc1)OC)N(C)C(=O)[C@@H](NC(=O)[C@H](C(C)C)N(C)C)C(C)C. The van der Waals surface area contributed by atoms with Crippen LogP contribution in [0.25, 0.3) is 0 Å². The number of likely N-dealkylation sites (tertiary alicyclic amines) is 1. The van der Waals surface area contributed by atoms with Gasteiger partial charge in [-0.1, -0.05) is 54.9 Å². The minimum absolute atomic E-state index is 0.0273. The van der Waals surface area contributed by atoms with E-state index in [0.717, 1.165) is 0 Å². The van der Waals surface area contributed by atoms with Crippen LogP contribution in [-0.4, -0.2) is 125 Å². The third kappa shape index (κ3) is 11.1. The lowest BCUT2D eigenvalue weighted by atomic mass is 9.89. The molecular formula is C37H64N6O8S. The number of carbonyl (C=O) groups is 4. The second-order valence-corrected chi connectivity index (χ2v) is 16.7. The highest BCUT2D eigenvalue weighted by atomic mass is 32.2. The van der Waals surface area contributed by atoms with Crippen molar-refractivity contribution in [3.05, 3.63) is 24.3 Å². The molecule has 52 heavy (non-hydrogen) atoms. The third-order valence-electron chi connectivity index (χ3n) is 10.4. The molecule has 1 saturated heterocycles. The molecule has 4 amide bonds. The number of anilines is 1. The summed E-state index contributed by atoms with van der Waals surface area (Å²) in [6.07, 6.45) is 0.400. The van der Waals surface area contributed by atoms with Gasteiger partial charge in [-0.3, -0.25) is 24.1 Å². The highest BCUT2D eigenvalue weighted by Gasteiger charge is 2.43. The van der Waals surface area contributed by atoms with Gasteiger partial charge < -0.3 is 30.3 Å². The zero-order valence-electron chi connectivity index (χ0n) is 33.2. The van der Waals surface area contributed by atoms with Crippen LogP contribution in [0, 0.1) is 23.7 Å². The summed E-state index contributed by atoms with van der Waals surface area (Å²) in [6, 6.07) is 3.30. The van der Waals surface area contributed by atoms with E-state index in [9.17, 15) is 27.6 Å². The number of sulfonamides is 1. The van der Waals surface area contributed by atoms with Crippen molar-refractivity contribution >= 4 is 39.3 Å². The summed E-state index contributed by atoms with van der Waals surface area (Å²) in [5.41, 5.74) is 6.07. The molecule has 1 aliphatic rings. The molecule has 1 aromatic carbocycles. The van der Waals surface area contributed by atoms with Crippen molar-refractivity contribution in [1.29, 1.82) is 0 Å². The fourth-order valence-corrected chi connectivity index (χ4v) is 8.41. The smallest absolute Gasteiger partial charge is 0.264 e. The summed E-state index contributed by atoms with van der Waals surface area (Å²) in [6.45, 7) is 13.7. The molecule has 14 nitrogen and oxygen atoms in total. The average Bonchev–Trinajstić information content (AvgIpc) is 3.55. The molecule has 8 atom stereocenters. The van der Waals surface area contributed by atoms with Gasteiger partial charge in [0.1, 0.15) is 6.04 Å². The molecule has 0 aliphatic carbocycles. The van der Waals surface area contributed by atoms with Crippen LogP contribution in [0.15, 0.2) is 29.2 Å². The Bertz CT molecular complexity index is 1450. The first-order chi connectivity index (χ1) is 24.2. The largest absolute Gasteiger partial charge is 0.399 e. The Morgan fingerprint density at radius 1 is 0.942 bits per heavy atom. The summed E-state index contributed by atoms with van der Waals surface area (Å²) in [4.78, 5) is 60.0. The minimum Gasteiger partial charge on any atom is -0.399 e. The van der Waals surface area contributed by atoms with Crippen molar-refractivity contribution < 1.29 is 37.1 Å². The van der Waals surface area contributed by atoms with E-state index in [4.69, 9.17) is 15.2 Å². The molecule has 0 bridgehead atoms. The maximum atomic E-state index is 14.2. The van der Waals surface area contributed by atoms with Crippen LogP contribution in [0.3, 0.4) is 0 Å². The van der Waals surface area contributed by atoms with Gasteiger partial charge >= 0.3 is 0 Å². The van der Waals surface area contributed by atoms with Gasteiger partial charge in [0.25, 0.3) is 10.0 Å². The predicted octanol–water partition coefficient (Wildman–Crippen LogP) is 2.72. The third-order valence-corrected chi connectivity index (χ3v) is 11.7. The van der Waals surface area contributed by atoms with Crippen LogP contribution < -0.4 is 15.8 Å². The Kier molecular flexibility index (Phi) is 17.0. The average molecular weight is 753 g/mol. The van der Waals surface area contributed by atoms with Gasteiger partial charge in [-0.25, -0.2) is 13.1 Å². The fourth-order valence-electron chi connectivity index (χ4n) is 7.34. The number of nitrogens with two attached hydrogens (primary N) is 1. The quantitative estimate of drug-likeness (QED) is 0.178. The number of hydrogen-bond donors (Lipinski definition) is 3. The first kappa shape index (κ1) is 44.9. The number of benzene rings is 1. The highest BCUT2D eigenvalue weighted by Crippen LogP contribution is 2.30. The summed E-state index contributed by atoms with van der Waals surface area (Å²) in [5.74, 6) is -2.64. The molecule has 0 spiro atoms. The molecule has 1 aromatic rings. The van der Waals surface area contributed by atoms with Crippen molar-refractivity contribution in [1.82, 2.24) is 24.7 Å². The molecule has 296 valence electrons. The molecule has 2 rings (SSSR count). The first-order valence-corrected chi connectivity index (χ1v) is 19.7. The Hall–Kier alpha value is -3.27. The molecule has 0 unspecified atom stereocenters. The predicted molar refractivity (Wildman–Crippen MR) is 201 cm³/mol. The monoisotopic (exact) mass is 752 g/mol. The molecule has 1 fully saturated rings. The van der Waals surface area contributed by atoms with E-state index < -0.39 is 58.2 Å². The Morgan fingerprint density at radius 3 is 2.02 bits per heavy atom. The molecule has 4 N–H and O–H groups in total. The number of methoxy groups -OCH3 is 2. The Labute approximate surface area is 311 Å². The topological polar surface area (TPSA) is 181 Å². The summed E-state index contributed by atoms with van der Waals surface area (Å²) in [7, 11) is 4.16. The van der Waals surface area contributed by atoms with E-state index in [0.29, 0.717) is 31.5 Å². The number of ether oxygens (including phenoxy) is 2. The van der Waals surface area contributed by atoms with E-state index in [1.807, 2.05) is 60.5 Å². The Morgan fingerprint density at radius 2 is 1.54 bits per heavy atom. The van der Waals surface area contributed by atoms with Crippen molar-refractivity contribution in [3.8, 4) is 0 Å². The molecule has 1 heterocycles. The van der Waals surface area contributed by atoms with Gasteiger partial charge in [0, 0.05) is 33.5 Å². The van der Waals surface area contributed by atoms with Crippen LogP contribution in [0.2, 0.25) is 0 Å². The zero-order chi connectivity index (χ0) is 39.7. The van der Waals surface area contributed by atoms with E-state index in [1.54, 1.807) is 23.8 Å². The standard InChI is InChI=1S/C37H64N6O8S/c1-13-24(6)33(42(10)37(47)31(22(2)3)39-36(46)32(23(4)5)41(8)9)29(50-11)21-30(44)43-20-14-15-28(43)34(51-12)25(7)35(45)40-52(48,49)27-18-16-26(38)17-19-27/h16-19,22-25,28-29,31-34H,13-15,20-21,38H2,1-12H3,(H,39,46)(H,40,45)/t24-,25-,28+,29-,31+,32+,33+,34-/m1/s1. The molecule has 0 radical (unpaired) electrons. The number of nitrogen functional groups attached to an aromatic ring is 1. The second kappa shape index (κ2) is 19.7. The van der Waals surface area contributed by atoms with E-state index in [-0.39, 0.29) is 46.8 Å². The second-order valence-electron chi connectivity index (χ2n) is 15.0. The summed E-state index contributed by atoms with van der Waals surface area (Å²) < 4.78 is 39.8. The normalized spacial score (nSPS) is 19.1. The van der Waals surface area contributed by atoms with E-state index in [1.165, 1.54) is 38.5 Å². The maximum Gasteiger partial charge on any atom is 0.264 e. The van der Waals surface area contributed by atoms with E-state index in [2.05, 4.69) is 10.0 Å². The molecule has 15 heteroatoms. The number of hydrogen-bond acceptors (Lipinski definition) is 10. The number of rotatable bonds is 19. The molecule has 1 aliphatic heterocycles. The van der Waals surface area contributed by atoms with Crippen molar-refractivity contribution in [3.63, 3.8) is 0 Å². The summed E-state index contributed by atoms with van der Waals surface area (Å²) >= 11 is 0. The zero-order valence-corrected chi connectivity index (χ0v) is 34.0. The lowest BCUT2D eigenvalue weighted by Gasteiger charge is -2.41. The lowest BCUT2D eigenvalue weighted by Crippen LogP contribution is -2.59. The van der Waals surface area contributed by atoms with Crippen LogP contribution in [0.1, 0.15) is 74.1 Å². The van der Waals surface area contributed by atoms with Gasteiger partial charge in [0.05, 0.1) is 47.6 Å². The first-order valence-electron chi connectivity index (χ1n) is 18.2. The number of nitrogens with zero attached hydrogens (tertiary/aromatic N) is 3. The fraction of sp³-hybridized carbons (Fsp3) is 0.730. The van der Waals surface area contributed by atoms with Crippen LogP contribution in [0.4, 0.5) is 5.69 Å². The number of carbonyl (C=O) groups excluding carboxylic acids is 4. The Balaban J connectivity index is 2.29. The van der Waals surface area contributed by atoms with Crippen LogP contribution >= 0.6 is 0 Å². The van der Waals surface area contributed by atoms with Gasteiger partial charge in [-0.05, 0) is 69.0 Å². The minimum atomic E-state index is -4.17. The van der Waals surface area contributed by atoms with Gasteiger partial charge in [-0.15, -0.1) is 0 Å². The number of amides is 4. The van der Waals surface area contributed by atoms with Gasteiger partial charge in [0.15, 0.2) is 0 Å². The van der Waals surface area contributed by atoms with Crippen molar-refractivity contribution in [2.45, 2.75) is 115 Å². The van der Waals surface area contributed by atoms with Gasteiger partial charge in [-0.2, -0.15) is 0 Å². The maximum absolute atomic E-state index is 14.2.